The number of amides is 1. The van der Waals surface area contributed by atoms with Crippen molar-refractivity contribution in [1.82, 2.24) is 4.90 Å². The molecule has 2 aromatic rings. The van der Waals surface area contributed by atoms with Gasteiger partial charge in [-0.1, -0.05) is 11.6 Å². The number of fused-ring (bicyclic) bond motifs is 1. The van der Waals surface area contributed by atoms with Gasteiger partial charge in [-0.05, 0) is 32.0 Å². The predicted octanol–water partition coefficient (Wildman–Crippen LogP) is 3.54. The summed E-state index contributed by atoms with van der Waals surface area (Å²) < 4.78 is 13.8. The fraction of sp³-hybridized carbons (Fsp3) is 0.357. The fourth-order valence-corrected chi connectivity index (χ4v) is 3.53. The van der Waals surface area contributed by atoms with Crippen molar-refractivity contribution in [2.75, 3.05) is 13.6 Å². The zero-order valence-electron chi connectivity index (χ0n) is 11.4. The molecule has 0 unspecified atom stereocenters. The monoisotopic (exact) mass is 315 g/mol. The van der Waals surface area contributed by atoms with Crippen molar-refractivity contribution in [3.8, 4) is 0 Å². The molecular weight excluding hydrogens is 301 g/mol. The molecule has 6 heteroatoms. The van der Waals surface area contributed by atoms with E-state index < -0.39 is 5.60 Å². The second kappa shape index (κ2) is 5.31. The maximum absolute atomic E-state index is 13.2. The van der Waals surface area contributed by atoms with Crippen molar-refractivity contribution >= 4 is 38.9 Å². The van der Waals surface area contributed by atoms with Crippen LogP contribution in [0.1, 0.15) is 23.5 Å². The number of hydrogen-bond donors (Lipinski definition) is 1. The molecule has 0 saturated carbocycles. The van der Waals surface area contributed by atoms with Gasteiger partial charge >= 0.3 is 0 Å². The smallest absolute Gasteiger partial charge is 0.265 e. The van der Waals surface area contributed by atoms with E-state index in [1.54, 1.807) is 27.0 Å². The van der Waals surface area contributed by atoms with Crippen LogP contribution in [-0.4, -0.2) is 35.1 Å². The molecule has 1 aromatic heterocycles. The molecule has 1 heterocycles. The lowest BCUT2D eigenvalue weighted by atomic mass is 10.1. The molecule has 0 aliphatic carbocycles. The molecule has 2 rings (SSSR count). The summed E-state index contributed by atoms with van der Waals surface area (Å²) in [5.74, 6) is -0.641. The van der Waals surface area contributed by atoms with E-state index in [0.717, 1.165) is 11.3 Å². The average Bonchev–Trinajstić information content (AvgIpc) is 2.63. The summed E-state index contributed by atoms with van der Waals surface area (Å²) >= 11 is 7.35. The zero-order chi connectivity index (χ0) is 15.1. The summed E-state index contributed by atoms with van der Waals surface area (Å²) in [5.41, 5.74) is -0.986. The number of carbonyl (C=O) groups excluding carboxylic acids is 1. The summed E-state index contributed by atoms with van der Waals surface area (Å²) in [5, 5.41) is 10.8. The van der Waals surface area contributed by atoms with E-state index in [1.165, 1.54) is 17.0 Å². The minimum absolute atomic E-state index is 0.185. The van der Waals surface area contributed by atoms with Crippen molar-refractivity contribution in [2.45, 2.75) is 19.4 Å². The number of hydrogen-bond acceptors (Lipinski definition) is 3. The van der Waals surface area contributed by atoms with Gasteiger partial charge in [0.2, 0.25) is 0 Å². The van der Waals surface area contributed by atoms with Gasteiger partial charge < -0.3 is 10.0 Å². The fourth-order valence-electron chi connectivity index (χ4n) is 2.00. The van der Waals surface area contributed by atoms with Crippen LogP contribution in [0, 0.1) is 5.82 Å². The van der Waals surface area contributed by atoms with Crippen LogP contribution in [0.4, 0.5) is 4.39 Å². The Morgan fingerprint density at radius 1 is 1.50 bits per heavy atom. The zero-order valence-corrected chi connectivity index (χ0v) is 13.0. The van der Waals surface area contributed by atoms with Gasteiger partial charge in [0.1, 0.15) is 10.7 Å². The van der Waals surface area contributed by atoms with E-state index in [-0.39, 0.29) is 18.3 Å². The highest BCUT2D eigenvalue weighted by Crippen LogP contribution is 2.36. The van der Waals surface area contributed by atoms with Gasteiger partial charge in [-0.25, -0.2) is 4.39 Å². The van der Waals surface area contributed by atoms with Crippen LogP contribution in [0.25, 0.3) is 10.1 Å². The summed E-state index contributed by atoms with van der Waals surface area (Å²) in [7, 11) is 1.60. The van der Waals surface area contributed by atoms with Crippen LogP contribution in [-0.2, 0) is 0 Å². The molecule has 0 atom stereocenters. The molecule has 0 spiro atoms. The van der Waals surface area contributed by atoms with Gasteiger partial charge in [0.05, 0.1) is 10.6 Å². The van der Waals surface area contributed by atoms with E-state index >= 15 is 0 Å². The summed E-state index contributed by atoms with van der Waals surface area (Å²) in [6, 6.07) is 4.24. The Hall–Kier alpha value is -1.17. The molecule has 1 amide bonds. The molecule has 0 aliphatic rings. The molecule has 3 nitrogen and oxygen atoms in total. The number of halogens is 2. The average molecular weight is 316 g/mol. The number of rotatable bonds is 3. The van der Waals surface area contributed by atoms with Crippen molar-refractivity contribution in [1.29, 1.82) is 0 Å². The normalized spacial score (nSPS) is 11.9. The largest absolute Gasteiger partial charge is 0.389 e. The van der Waals surface area contributed by atoms with Crippen molar-refractivity contribution < 1.29 is 14.3 Å². The Bertz CT molecular complexity index is 663. The minimum Gasteiger partial charge on any atom is -0.389 e. The maximum Gasteiger partial charge on any atom is 0.265 e. The van der Waals surface area contributed by atoms with E-state index in [4.69, 9.17) is 11.6 Å². The van der Waals surface area contributed by atoms with Crippen molar-refractivity contribution in [3.05, 3.63) is 33.9 Å². The van der Waals surface area contributed by atoms with Crippen LogP contribution in [0.15, 0.2) is 18.2 Å². The minimum atomic E-state index is -0.986. The lowest BCUT2D eigenvalue weighted by molar-refractivity contribution is 0.0370. The molecule has 0 fully saturated rings. The van der Waals surface area contributed by atoms with Crippen LogP contribution in [0.5, 0.6) is 0 Å². The van der Waals surface area contributed by atoms with E-state index in [9.17, 15) is 14.3 Å². The summed E-state index contributed by atoms with van der Waals surface area (Å²) in [4.78, 5) is 14.1. The predicted molar refractivity (Wildman–Crippen MR) is 80.1 cm³/mol. The number of aliphatic hydroxyl groups is 1. The number of likely N-dealkylation sites (N-methyl/N-ethyl adjacent to an activating group) is 1. The summed E-state index contributed by atoms with van der Waals surface area (Å²) in [6.07, 6.45) is 0. The number of benzene rings is 1. The van der Waals surface area contributed by atoms with Gasteiger partial charge in [0.15, 0.2) is 0 Å². The van der Waals surface area contributed by atoms with Crippen molar-refractivity contribution in [2.24, 2.45) is 0 Å². The van der Waals surface area contributed by atoms with Crippen molar-refractivity contribution in [3.63, 3.8) is 0 Å². The van der Waals surface area contributed by atoms with Gasteiger partial charge in [-0.3, -0.25) is 4.79 Å². The van der Waals surface area contributed by atoms with Crippen LogP contribution in [0.2, 0.25) is 5.02 Å². The number of nitrogens with zero attached hydrogens (tertiary/aromatic N) is 1. The first-order chi connectivity index (χ1) is 9.19. The molecule has 0 radical (unpaired) electrons. The molecule has 20 heavy (non-hydrogen) atoms. The van der Waals surface area contributed by atoms with Gasteiger partial charge in [0.25, 0.3) is 5.91 Å². The molecular formula is C14H15ClFNO2S. The van der Waals surface area contributed by atoms with Crippen LogP contribution < -0.4 is 0 Å². The molecule has 0 aliphatic heterocycles. The first-order valence-corrected chi connectivity index (χ1v) is 7.24. The summed E-state index contributed by atoms with van der Waals surface area (Å²) in [6.45, 7) is 3.43. The SMILES string of the molecule is CN(CC(C)(C)O)C(=O)c1sc2cc(F)ccc2c1Cl. The highest BCUT2D eigenvalue weighted by atomic mass is 35.5. The second-order valence-corrected chi connectivity index (χ2v) is 6.79. The molecule has 1 aromatic carbocycles. The number of thiophene rings is 1. The first-order valence-electron chi connectivity index (χ1n) is 6.04. The lowest BCUT2D eigenvalue weighted by Crippen LogP contribution is -2.39. The standard InChI is InChI=1S/C14H15ClFNO2S/c1-14(2,19)7-17(3)13(18)12-11(15)9-5-4-8(16)6-10(9)20-12/h4-6,19H,7H2,1-3H3. The van der Waals surface area contributed by atoms with Crippen LogP contribution in [0.3, 0.4) is 0 Å². The number of carbonyl (C=O) groups is 1. The third kappa shape index (κ3) is 3.11. The Morgan fingerprint density at radius 3 is 2.75 bits per heavy atom. The third-order valence-electron chi connectivity index (χ3n) is 2.76. The lowest BCUT2D eigenvalue weighted by Gasteiger charge is -2.25. The van der Waals surface area contributed by atoms with Gasteiger partial charge in [-0.15, -0.1) is 11.3 Å². The highest BCUT2D eigenvalue weighted by Gasteiger charge is 2.24. The van der Waals surface area contributed by atoms with E-state index in [0.29, 0.717) is 20.0 Å². The quantitative estimate of drug-likeness (QED) is 0.941. The van der Waals surface area contributed by atoms with Gasteiger partial charge in [-0.2, -0.15) is 0 Å². The topological polar surface area (TPSA) is 40.5 Å². The highest BCUT2D eigenvalue weighted by molar-refractivity contribution is 7.21. The Morgan fingerprint density at radius 2 is 2.15 bits per heavy atom. The van der Waals surface area contributed by atoms with E-state index in [2.05, 4.69) is 0 Å². The Kier molecular flexibility index (Phi) is 4.04. The maximum atomic E-state index is 13.2. The molecule has 108 valence electrons. The molecule has 0 saturated heterocycles. The van der Waals surface area contributed by atoms with Crippen LogP contribution >= 0.6 is 22.9 Å². The second-order valence-electron chi connectivity index (χ2n) is 5.36. The third-order valence-corrected chi connectivity index (χ3v) is 4.40. The van der Waals surface area contributed by atoms with E-state index in [1.807, 2.05) is 0 Å². The molecule has 0 bridgehead atoms. The first kappa shape index (κ1) is 15.2. The molecule has 1 N–H and O–H groups in total. The van der Waals surface area contributed by atoms with Gasteiger partial charge in [0, 0.05) is 23.7 Å². The Labute approximate surface area is 125 Å². The Balaban J connectivity index is 2.37.